The number of nitro benzene ring substituents is 1. The van der Waals surface area contributed by atoms with Crippen LogP contribution in [0, 0.1) is 10.1 Å². The van der Waals surface area contributed by atoms with Crippen LogP contribution in [-0.2, 0) is 4.74 Å². The van der Waals surface area contributed by atoms with E-state index in [4.69, 9.17) is 4.74 Å². The predicted octanol–water partition coefficient (Wildman–Crippen LogP) is 3.51. The van der Waals surface area contributed by atoms with Gasteiger partial charge in [0.15, 0.2) is 0 Å². The van der Waals surface area contributed by atoms with Crippen LogP contribution in [0.25, 0.3) is 0 Å². The summed E-state index contributed by atoms with van der Waals surface area (Å²) in [7, 11) is 0. The number of nitro groups is 1. The molecule has 0 unspecified atom stereocenters. The third-order valence-corrected chi connectivity index (χ3v) is 3.55. The molecular weight excluding hydrogens is 340 g/mol. The SMILES string of the molecule is CCCCOC(=O)c1ccc(NC(=O)c2cc([N+](=O)[O-])ccc2O)cc1. The molecule has 0 bridgehead atoms. The zero-order chi connectivity index (χ0) is 19.1. The number of ether oxygens (including phenoxy) is 1. The number of nitrogens with zero attached hydrogens (tertiary/aromatic N) is 1. The number of amides is 1. The van der Waals surface area contributed by atoms with Gasteiger partial charge in [0.05, 0.1) is 22.7 Å². The van der Waals surface area contributed by atoms with Crippen LogP contribution in [-0.4, -0.2) is 28.5 Å². The second kappa shape index (κ2) is 8.61. The van der Waals surface area contributed by atoms with Crippen LogP contribution in [0.5, 0.6) is 5.75 Å². The third-order valence-electron chi connectivity index (χ3n) is 3.55. The number of rotatable bonds is 7. The van der Waals surface area contributed by atoms with Gasteiger partial charge in [-0.05, 0) is 36.8 Å². The monoisotopic (exact) mass is 358 g/mol. The minimum absolute atomic E-state index is 0.220. The Hall–Kier alpha value is -3.42. The smallest absolute Gasteiger partial charge is 0.338 e. The van der Waals surface area contributed by atoms with E-state index in [2.05, 4.69) is 5.32 Å². The van der Waals surface area contributed by atoms with Crippen molar-refractivity contribution in [2.24, 2.45) is 0 Å². The summed E-state index contributed by atoms with van der Waals surface area (Å²) >= 11 is 0. The molecule has 0 heterocycles. The maximum absolute atomic E-state index is 12.2. The van der Waals surface area contributed by atoms with Gasteiger partial charge < -0.3 is 15.2 Å². The van der Waals surface area contributed by atoms with E-state index in [9.17, 15) is 24.8 Å². The van der Waals surface area contributed by atoms with E-state index in [-0.39, 0.29) is 17.0 Å². The van der Waals surface area contributed by atoms with Gasteiger partial charge >= 0.3 is 5.97 Å². The first-order valence-electron chi connectivity index (χ1n) is 7.98. The maximum Gasteiger partial charge on any atom is 0.338 e. The van der Waals surface area contributed by atoms with Crippen LogP contribution in [0.4, 0.5) is 11.4 Å². The summed E-state index contributed by atoms with van der Waals surface area (Å²) in [6, 6.07) is 9.18. The predicted molar refractivity (Wildman–Crippen MR) is 94.3 cm³/mol. The lowest BCUT2D eigenvalue weighted by molar-refractivity contribution is -0.384. The minimum atomic E-state index is -0.704. The molecule has 1 amide bonds. The van der Waals surface area contributed by atoms with Gasteiger partial charge in [-0.2, -0.15) is 0 Å². The molecule has 0 saturated heterocycles. The highest BCUT2D eigenvalue weighted by Crippen LogP contribution is 2.24. The number of nitrogens with one attached hydrogen (secondary N) is 1. The van der Waals surface area contributed by atoms with Crippen molar-refractivity contribution in [2.45, 2.75) is 19.8 Å². The lowest BCUT2D eigenvalue weighted by Crippen LogP contribution is -2.13. The average Bonchev–Trinajstić information content (AvgIpc) is 2.62. The molecule has 0 spiro atoms. The summed E-state index contributed by atoms with van der Waals surface area (Å²) in [5.41, 5.74) is 0.184. The molecule has 0 aliphatic heterocycles. The van der Waals surface area contributed by atoms with E-state index in [1.807, 2.05) is 6.92 Å². The van der Waals surface area contributed by atoms with Gasteiger partial charge in [0.2, 0.25) is 0 Å². The molecule has 136 valence electrons. The Bertz CT molecular complexity index is 817. The molecule has 2 aromatic rings. The second-order valence-corrected chi connectivity index (χ2v) is 5.48. The summed E-state index contributed by atoms with van der Waals surface area (Å²) in [5, 5.41) is 23.0. The molecular formula is C18H18N2O6. The van der Waals surface area contributed by atoms with Crippen molar-refractivity contribution in [2.75, 3.05) is 11.9 Å². The first kappa shape index (κ1) is 18.9. The van der Waals surface area contributed by atoms with E-state index in [0.717, 1.165) is 31.0 Å². The molecule has 2 aromatic carbocycles. The Balaban J connectivity index is 2.07. The zero-order valence-electron chi connectivity index (χ0n) is 14.1. The highest BCUT2D eigenvalue weighted by molar-refractivity contribution is 6.06. The van der Waals surface area contributed by atoms with Crippen molar-refractivity contribution in [1.29, 1.82) is 0 Å². The van der Waals surface area contributed by atoms with E-state index in [0.29, 0.717) is 17.9 Å². The fourth-order valence-corrected chi connectivity index (χ4v) is 2.10. The number of aromatic hydroxyl groups is 1. The van der Waals surface area contributed by atoms with Crippen molar-refractivity contribution in [3.63, 3.8) is 0 Å². The van der Waals surface area contributed by atoms with Gasteiger partial charge in [0.1, 0.15) is 5.75 Å². The Morgan fingerprint density at radius 2 is 1.88 bits per heavy atom. The Morgan fingerprint density at radius 3 is 2.50 bits per heavy atom. The molecule has 0 aliphatic rings. The number of phenols is 1. The van der Waals surface area contributed by atoms with E-state index in [1.54, 1.807) is 0 Å². The molecule has 0 atom stereocenters. The largest absolute Gasteiger partial charge is 0.507 e. The van der Waals surface area contributed by atoms with Crippen molar-refractivity contribution in [3.05, 3.63) is 63.7 Å². The molecule has 8 heteroatoms. The van der Waals surface area contributed by atoms with Gasteiger partial charge in [-0.1, -0.05) is 13.3 Å². The number of unbranched alkanes of at least 4 members (excludes halogenated alkanes) is 1. The van der Waals surface area contributed by atoms with Crippen LogP contribution in [0.15, 0.2) is 42.5 Å². The Morgan fingerprint density at radius 1 is 1.19 bits per heavy atom. The van der Waals surface area contributed by atoms with Crippen LogP contribution < -0.4 is 5.32 Å². The maximum atomic E-state index is 12.2. The van der Waals surface area contributed by atoms with Gasteiger partial charge in [-0.25, -0.2) is 4.79 Å². The topological polar surface area (TPSA) is 119 Å². The highest BCUT2D eigenvalue weighted by atomic mass is 16.6. The van der Waals surface area contributed by atoms with E-state index >= 15 is 0 Å². The van der Waals surface area contributed by atoms with Gasteiger partial charge in [-0.15, -0.1) is 0 Å². The van der Waals surface area contributed by atoms with E-state index < -0.39 is 16.8 Å². The molecule has 2 rings (SSSR count). The molecule has 0 fully saturated rings. The zero-order valence-corrected chi connectivity index (χ0v) is 14.1. The number of non-ortho nitro benzene ring substituents is 1. The van der Waals surface area contributed by atoms with Crippen LogP contribution in [0.2, 0.25) is 0 Å². The summed E-state index contributed by atoms with van der Waals surface area (Å²) in [6.07, 6.45) is 1.70. The number of benzene rings is 2. The van der Waals surface area contributed by atoms with Crippen molar-refractivity contribution in [3.8, 4) is 5.75 Å². The summed E-state index contributed by atoms with van der Waals surface area (Å²) in [5.74, 6) is -1.53. The third kappa shape index (κ3) is 4.79. The van der Waals surface area contributed by atoms with Gasteiger partial charge in [0, 0.05) is 17.8 Å². The number of esters is 1. The minimum Gasteiger partial charge on any atom is -0.507 e. The van der Waals surface area contributed by atoms with Gasteiger partial charge in [-0.3, -0.25) is 14.9 Å². The highest BCUT2D eigenvalue weighted by Gasteiger charge is 2.17. The van der Waals surface area contributed by atoms with Crippen molar-refractivity contribution in [1.82, 2.24) is 0 Å². The molecule has 0 aromatic heterocycles. The molecule has 0 aliphatic carbocycles. The number of carbonyl (C=O) groups excluding carboxylic acids is 2. The second-order valence-electron chi connectivity index (χ2n) is 5.48. The van der Waals surface area contributed by atoms with Crippen LogP contribution >= 0.6 is 0 Å². The number of anilines is 1. The lowest BCUT2D eigenvalue weighted by Gasteiger charge is -2.08. The summed E-state index contributed by atoms with van der Waals surface area (Å²) < 4.78 is 5.09. The molecule has 26 heavy (non-hydrogen) atoms. The molecule has 2 N–H and O–H groups in total. The fraction of sp³-hybridized carbons (Fsp3) is 0.222. The summed E-state index contributed by atoms with van der Waals surface area (Å²) in [6.45, 7) is 2.34. The first-order valence-corrected chi connectivity index (χ1v) is 7.98. The standard InChI is InChI=1S/C18H18N2O6/c1-2-3-10-26-18(23)12-4-6-13(7-5-12)19-17(22)15-11-14(20(24)25)8-9-16(15)21/h4-9,11,21H,2-3,10H2,1H3,(H,19,22). The first-order chi connectivity index (χ1) is 12.4. The number of hydrogen-bond acceptors (Lipinski definition) is 6. The number of phenolic OH excluding ortho intramolecular Hbond substituents is 1. The van der Waals surface area contributed by atoms with Crippen LogP contribution in [0.3, 0.4) is 0 Å². The quantitative estimate of drug-likeness (QED) is 0.338. The molecule has 8 nitrogen and oxygen atoms in total. The summed E-state index contributed by atoms with van der Waals surface area (Å²) in [4.78, 5) is 34.2. The van der Waals surface area contributed by atoms with Crippen molar-refractivity contribution >= 4 is 23.3 Å². The molecule has 0 radical (unpaired) electrons. The molecule has 0 saturated carbocycles. The normalized spacial score (nSPS) is 10.2. The number of hydrogen-bond donors (Lipinski definition) is 2. The number of carbonyl (C=O) groups is 2. The average molecular weight is 358 g/mol. The fourth-order valence-electron chi connectivity index (χ4n) is 2.10. The lowest BCUT2D eigenvalue weighted by atomic mass is 10.1. The van der Waals surface area contributed by atoms with Gasteiger partial charge in [0.25, 0.3) is 11.6 Å². The Kier molecular flexibility index (Phi) is 6.26. The Labute approximate surface area is 149 Å². The van der Waals surface area contributed by atoms with Crippen LogP contribution in [0.1, 0.15) is 40.5 Å². The van der Waals surface area contributed by atoms with Crippen molar-refractivity contribution < 1.29 is 24.4 Å². The van der Waals surface area contributed by atoms with E-state index in [1.165, 1.54) is 24.3 Å².